The highest BCUT2D eigenvalue weighted by Gasteiger charge is 2.12. The average molecular weight is 378 g/mol. The molecule has 1 aromatic heterocycles. The summed E-state index contributed by atoms with van der Waals surface area (Å²) in [7, 11) is 0. The SMILES string of the molecule is C[C@H](OC[C@@H](O)C[NH2+]Cc1nc2ccccc2s1)c1ccc(Cl)cc1. The molecule has 25 heavy (non-hydrogen) atoms. The molecule has 3 rings (SSSR count). The van der Waals surface area contributed by atoms with Gasteiger partial charge in [-0.2, -0.15) is 0 Å². The number of thiazole rings is 1. The van der Waals surface area contributed by atoms with Crippen LogP contribution >= 0.6 is 22.9 Å². The lowest BCUT2D eigenvalue weighted by molar-refractivity contribution is -0.676. The average Bonchev–Trinajstić information content (AvgIpc) is 3.03. The topological polar surface area (TPSA) is 59.0 Å². The first kappa shape index (κ1) is 18.3. The van der Waals surface area contributed by atoms with E-state index in [4.69, 9.17) is 16.3 Å². The number of halogens is 1. The molecule has 2 atom stereocenters. The predicted molar refractivity (Wildman–Crippen MR) is 102 cm³/mol. The summed E-state index contributed by atoms with van der Waals surface area (Å²) in [5.41, 5.74) is 2.09. The fourth-order valence-electron chi connectivity index (χ4n) is 2.56. The summed E-state index contributed by atoms with van der Waals surface area (Å²) in [4.78, 5) is 4.59. The van der Waals surface area contributed by atoms with E-state index in [0.717, 1.165) is 22.6 Å². The second-order valence-corrected chi connectivity index (χ2v) is 7.54. The molecule has 0 spiro atoms. The van der Waals surface area contributed by atoms with Gasteiger partial charge in [-0.25, -0.2) is 4.98 Å². The van der Waals surface area contributed by atoms with E-state index in [2.05, 4.69) is 16.4 Å². The highest BCUT2D eigenvalue weighted by molar-refractivity contribution is 7.18. The first-order valence-electron chi connectivity index (χ1n) is 8.33. The number of rotatable bonds is 8. The van der Waals surface area contributed by atoms with Crippen LogP contribution < -0.4 is 5.32 Å². The molecular weight excluding hydrogens is 356 g/mol. The Morgan fingerprint density at radius 2 is 1.96 bits per heavy atom. The maximum Gasteiger partial charge on any atom is 0.148 e. The van der Waals surface area contributed by atoms with Crippen molar-refractivity contribution in [3.05, 3.63) is 64.1 Å². The molecule has 3 aromatic rings. The lowest BCUT2D eigenvalue weighted by Gasteiger charge is -2.16. The van der Waals surface area contributed by atoms with Crippen molar-refractivity contribution in [3.8, 4) is 0 Å². The molecule has 0 unspecified atom stereocenters. The normalized spacial score (nSPS) is 13.9. The second kappa shape index (κ2) is 8.74. The Morgan fingerprint density at radius 3 is 2.72 bits per heavy atom. The highest BCUT2D eigenvalue weighted by Crippen LogP contribution is 2.21. The maximum atomic E-state index is 10.1. The van der Waals surface area contributed by atoms with E-state index in [9.17, 15) is 5.11 Å². The van der Waals surface area contributed by atoms with Crippen molar-refractivity contribution in [3.63, 3.8) is 0 Å². The molecule has 0 amide bonds. The van der Waals surface area contributed by atoms with Crippen molar-refractivity contribution >= 4 is 33.2 Å². The fraction of sp³-hybridized carbons (Fsp3) is 0.316. The maximum absolute atomic E-state index is 10.1. The van der Waals surface area contributed by atoms with Gasteiger partial charge in [-0.3, -0.25) is 0 Å². The number of nitrogens with zero attached hydrogens (tertiary/aromatic N) is 1. The molecule has 4 nitrogen and oxygen atoms in total. The molecule has 0 bridgehead atoms. The summed E-state index contributed by atoms with van der Waals surface area (Å²) < 4.78 is 6.95. The summed E-state index contributed by atoms with van der Waals surface area (Å²) in [6.07, 6.45) is -0.583. The molecule has 0 aliphatic heterocycles. The molecule has 3 N–H and O–H groups in total. The summed E-state index contributed by atoms with van der Waals surface area (Å²) in [6, 6.07) is 15.7. The second-order valence-electron chi connectivity index (χ2n) is 5.98. The molecular formula is C19H22ClN2O2S+. The van der Waals surface area contributed by atoms with Crippen molar-refractivity contribution < 1.29 is 15.2 Å². The van der Waals surface area contributed by atoms with Gasteiger partial charge in [0.2, 0.25) is 0 Å². The van der Waals surface area contributed by atoms with E-state index in [1.54, 1.807) is 11.3 Å². The fourth-order valence-corrected chi connectivity index (χ4v) is 3.65. The minimum Gasteiger partial charge on any atom is -0.385 e. The van der Waals surface area contributed by atoms with Gasteiger partial charge < -0.3 is 15.2 Å². The third kappa shape index (κ3) is 5.23. The third-order valence-corrected chi connectivity index (χ3v) is 5.28. The quantitative estimate of drug-likeness (QED) is 0.634. The molecule has 0 fully saturated rings. The van der Waals surface area contributed by atoms with Gasteiger partial charge in [0, 0.05) is 5.02 Å². The van der Waals surface area contributed by atoms with Crippen molar-refractivity contribution in [2.45, 2.75) is 25.7 Å². The number of fused-ring (bicyclic) bond motifs is 1. The number of aromatic nitrogens is 1. The number of quaternary nitrogens is 1. The van der Waals surface area contributed by atoms with Gasteiger partial charge in [-0.05, 0) is 36.8 Å². The molecule has 0 aliphatic rings. The predicted octanol–water partition coefficient (Wildman–Crippen LogP) is 3.15. The van der Waals surface area contributed by atoms with Crippen LogP contribution in [0.2, 0.25) is 5.02 Å². The van der Waals surface area contributed by atoms with Crippen LogP contribution in [0.25, 0.3) is 10.2 Å². The largest absolute Gasteiger partial charge is 0.385 e. The third-order valence-electron chi connectivity index (χ3n) is 3.97. The lowest BCUT2D eigenvalue weighted by Crippen LogP contribution is -2.85. The first-order chi connectivity index (χ1) is 12.1. The molecule has 2 aromatic carbocycles. The van der Waals surface area contributed by atoms with Crippen LogP contribution in [0.15, 0.2) is 48.5 Å². The van der Waals surface area contributed by atoms with Crippen molar-refractivity contribution in [1.29, 1.82) is 0 Å². The molecule has 6 heteroatoms. The summed E-state index contributed by atoms with van der Waals surface area (Å²) in [5.74, 6) is 0. The van der Waals surface area contributed by atoms with E-state index in [1.165, 1.54) is 4.70 Å². The number of nitrogens with two attached hydrogens (primary N) is 1. The number of para-hydroxylation sites is 1. The number of aliphatic hydroxyl groups excluding tert-OH is 1. The zero-order chi connectivity index (χ0) is 17.6. The van der Waals surface area contributed by atoms with Crippen LogP contribution in [0.3, 0.4) is 0 Å². The van der Waals surface area contributed by atoms with Gasteiger partial charge in [0.1, 0.15) is 24.2 Å². The number of benzene rings is 2. The number of aliphatic hydroxyl groups is 1. The Kier molecular flexibility index (Phi) is 6.39. The Morgan fingerprint density at radius 1 is 1.20 bits per heavy atom. The minimum atomic E-state index is -0.510. The van der Waals surface area contributed by atoms with Gasteiger partial charge in [0.15, 0.2) is 0 Å². The van der Waals surface area contributed by atoms with Crippen LogP contribution in [-0.2, 0) is 11.3 Å². The Labute approximate surface area is 156 Å². The number of ether oxygens (including phenoxy) is 1. The summed E-state index contributed by atoms with van der Waals surface area (Å²) >= 11 is 7.59. The van der Waals surface area contributed by atoms with Gasteiger partial charge in [0.05, 0.1) is 22.9 Å². The Balaban J connectivity index is 1.40. The molecule has 0 saturated carbocycles. The van der Waals surface area contributed by atoms with E-state index >= 15 is 0 Å². The van der Waals surface area contributed by atoms with Crippen molar-refractivity contribution in [2.24, 2.45) is 0 Å². The van der Waals surface area contributed by atoms with E-state index in [1.807, 2.05) is 49.4 Å². The lowest BCUT2D eigenvalue weighted by atomic mass is 10.1. The molecule has 0 radical (unpaired) electrons. The minimum absolute atomic E-state index is 0.0730. The zero-order valence-corrected chi connectivity index (χ0v) is 15.6. The van der Waals surface area contributed by atoms with E-state index in [0.29, 0.717) is 18.2 Å². The Bertz CT molecular complexity index is 774. The van der Waals surface area contributed by atoms with E-state index < -0.39 is 6.10 Å². The van der Waals surface area contributed by atoms with Crippen molar-refractivity contribution in [2.75, 3.05) is 13.2 Å². The molecule has 0 saturated heterocycles. The molecule has 0 aliphatic carbocycles. The standard InChI is InChI=1S/C19H21ClN2O2S/c1-13(14-6-8-15(20)9-7-14)24-12-16(23)10-21-11-19-22-17-4-2-3-5-18(17)25-19/h2-9,13,16,21,23H,10-12H2,1H3/p+1/t13-,16-/m0/s1. The summed E-state index contributed by atoms with van der Waals surface area (Å²) in [6.45, 7) is 3.63. The monoisotopic (exact) mass is 377 g/mol. The van der Waals surface area contributed by atoms with Crippen LogP contribution in [-0.4, -0.2) is 29.3 Å². The van der Waals surface area contributed by atoms with Crippen LogP contribution in [0, 0.1) is 0 Å². The zero-order valence-electron chi connectivity index (χ0n) is 14.1. The summed E-state index contributed by atoms with van der Waals surface area (Å²) in [5, 5.41) is 14.0. The number of hydrogen-bond donors (Lipinski definition) is 2. The molecule has 1 heterocycles. The van der Waals surface area contributed by atoms with E-state index in [-0.39, 0.29) is 6.10 Å². The van der Waals surface area contributed by atoms with Crippen LogP contribution in [0.5, 0.6) is 0 Å². The van der Waals surface area contributed by atoms with Crippen molar-refractivity contribution in [1.82, 2.24) is 4.98 Å². The van der Waals surface area contributed by atoms with Gasteiger partial charge >= 0.3 is 0 Å². The van der Waals surface area contributed by atoms with Gasteiger partial charge in [0.25, 0.3) is 0 Å². The van der Waals surface area contributed by atoms with Gasteiger partial charge in [-0.1, -0.05) is 35.9 Å². The first-order valence-corrected chi connectivity index (χ1v) is 9.52. The van der Waals surface area contributed by atoms with Crippen LogP contribution in [0.4, 0.5) is 0 Å². The Hall–Kier alpha value is -1.50. The highest BCUT2D eigenvalue weighted by atomic mass is 35.5. The van der Waals surface area contributed by atoms with Gasteiger partial charge in [-0.15, -0.1) is 11.3 Å². The number of hydrogen-bond acceptors (Lipinski definition) is 4. The smallest absolute Gasteiger partial charge is 0.148 e. The molecule has 132 valence electrons. The van der Waals surface area contributed by atoms with Crippen LogP contribution in [0.1, 0.15) is 23.6 Å².